The normalized spacial score (nSPS) is 21.9. The van der Waals surface area contributed by atoms with E-state index in [1.54, 1.807) is 6.33 Å². The van der Waals surface area contributed by atoms with Gasteiger partial charge in [-0.15, -0.1) is 0 Å². The van der Waals surface area contributed by atoms with Gasteiger partial charge in [0.1, 0.15) is 6.33 Å². The Morgan fingerprint density at radius 1 is 1.42 bits per heavy atom. The van der Waals surface area contributed by atoms with E-state index in [0.717, 1.165) is 29.7 Å². The number of nitrogens with zero attached hydrogens (tertiary/aromatic N) is 2. The third-order valence-electron chi connectivity index (χ3n) is 3.06. The van der Waals surface area contributed by atoms with E-state index in [2.05, 4.69) is 26.1 Å². The van der Waals surface area contributed by atoms with Crippen molar-refractivity contribution >= 4 is 26.4 Å². The Hall–Kier alpha value is -0.220. The van der Waals surface area contributed by atoms with Gasteiger partial charge >= 0.3 is 0 Å². The molecule has 19 heavy (non-hydrogen) atoms. The molecule has 1 aliphatic heterocycles. The highest BCUT2D eigenvalue weighted by Crippen LogP contribution is 2.24. The zero-order valence-corrected chi connectivity index (χ0v) is 13.8. The van der Waals surface area contributed by atoms with Gasteiger partial charge in [-0.3, -0.25) is 0 Å². The van der Waals surface area contributed by atoms with Crippen molar-refractivity contribution in [3.63, 3.8) is 0 Å². The van der Waals surface area contributed by atoms with Crippen molar-refractivity contribution < 1.29 is 9.84 Å². The summed E-state index contributed by atoms with van der Waals surface area (Å²) in [5, 5.41) is 7.00. The monoisotopic (exact) mass is 302 g/mol. The summed E-state index contributed by atoms with van der Waals surface area (Å²) in [5.41, 5.74) is 3.34. The van der Waals surface area contributed by atoms with Gasteiger partial charge in [0.2, 0.25) is 0 Å². The fraction of sp³-hybridized carbons (Fsp3) is 0.692. The first-order valence-electron chi connectivity index (χ1n) is 6.40. The second kappa shape index (κ2) is 8.85. The van der Waals surface area contributed by atoms with Gasteiger partial charge in [-0.1, -0.05) is 9.24 Å². The minimum absolute atomic E-state index is 0.438. The third kappa shape index (κ3) is 5.35. The lowest BCUT2D eigenvalue weighted by atomic mass is 10.2. The Morgan fingerprint density at radius 2 is 2.16 bits per heavy atom. The molecule has 4 nitrogen and oxygen atoms in total. The first kappa shape index (κ1) is 16.8. The van der Waals surface area contributed by atoms with Crippen LogP contribution < -0.4 is 5.44 Å². The van der Waals surface area contributed by atoms with E-state index in [-0.39, 0.29) is 0 Å². The van der Waals surface area contributed by atoms with Crippen LogP contribution in [0.2, 0.25) is 0 Å². The van der Waals surface area contributed by atoms with Crippen LogP contribution in [0.5, 0.6) is 0 Å². The van der Waals surface area contributed by atoms with E-state index < -0.39 is 0 Å². The molecule has 0 saturated carbocycles. The summed E-state index contributed by atoms with van der Waals surface area (Å²) in [6, 6.07) is 0. The number of aromatic nitrogens is 2. The summed E-state index contributed by atoms with van der Waals surface area (Å²) in [6.45, 7) is 4.19. The molecule has 0 aromatic carbocycles. The van der Waals surface area contributed by atoms with Crippen LogP contribution in [0.3, 0.4) is 0 Å². The number of aliphatic hydroxyl groups is 1. The summed E-state index contributed by atoms with van der Waals surface area (Å²) >= 11 is 1.92. The molecule has 1 aromatic heterocycles. The van der Waals surface area contributed by atoms with Gasteiger partial charge in [0.25, 0.3) is 0 Å². The second-order valence-electron chi connectivity index (χ2n) is 4.48. The average molecular weight is 302 g/mol. The van der Waals surface area contributed by atoms with Gasteiger partial charge in [-0.25, -0.2) is 9.97 Å². The van der Waals surface area contributed by atoms with E-state index in [1.165, 1.54) is 18.4 Å². The van der Waals surface area contributed by atoms with Gasteiger partial charge in [0.15, 0.2) is 0 Å². The maximum atomic E-state index is 7.00. The quantitative estimate of drug-likeness (QED) is 0.858. The second-order valence-corrected chi connectivity index (χ2v) is 6.06. The van der Waals surface area contributed by atoms with Crippen molar-refractivity contribution in [3.8, 4) is 0 Å². The number of hydrogen-bond acceptors (Lipinski definition) is 5. The number of aliphatic hydroxyl groups excluding tert-OH is 1. The first-order chi connectivity index (χ1) is 9.16. The van der Waals surface area contributed by atoms with Crippen molar-refractivity contribution in [1.29, 1.82) is 0 Å². The molecule has 108 valence electrons. The number of hydrogen-bond donors (Lipinski definition) is 1. The van der Waals surface area contributed by atoms with Crippen molar-refractivity contribution in [1.82, 2.24) is 9.97 Å². The van der Waals surface area contributed by atoms with E-state index in [1.807, 2.05) is 18.7 Å². The van der Waals surface area contributed by atoms with Gasteiger partial charge in [-0.05, 0) is 26.7 Å². The molecule has 1 N–H and O–H groups in total. The van der Waals surface area contributed by atoms with E-state index in [4.69, 9.17) is 9.84 Å². The molecule has 1 saturated heterocycles. The van der Waals surface area contributed by atoms with Crippen molar-refractivity contribution in [2.24, 2.45) is 0 Å². The molecule has 2 rings (SSSR count). The summed E-state index contributed by atoms with van der Waals surface area (Å²) in [5.74, 6) is 2.04. The molecule has 1 aromatic rings. The van der Waals surface area contributed by atoms with Crippen LogP contribution in [-0.4, -0.2) is 40.1 Å². The van der Waals surface area contributed by atoms with Crippen LogP contribution in [0, 0.1) is 6.92 Å². The van der Waals surface area contributed by atoms with Crippen molar-refractivity contribution in [3.05, 3.63) is 17.6 Å². The molecule has 0 amide bonds. The molecule has 0 spiro atoms. The number of thioether (sulfide) groups is 1. The summed E-state index contributed by atoms with van der Waals surface area (Å²) in [7, 11) is 3.69. The molecule has 0 radical (unpaired) electrons. The van der Waals surface area contributed by atoms with Gasteiger partial charge in [0, 0.05) is 29.9 Å². The zero-order chi connectivity index (χ0) is 14.3. The number of rotatable bonds is 4. The summed E-state index contributed by atoms with van der Waals surface area (Å²) < 4.78 is 5.80. The van der Waals surface area contributed by atoms with Gasteiger partial charge < -0.3 is 9.84 Å². The standard InChI is InChI=1S/C12H19N2OPS.CH4O/c1-8-3-4-10(15-8)5-17-6-11-9(2)13-7-14-12(11)16;1-2/h7-8,10H,3-6,16H2,1-2H3;2H,1H3. The largest absolute Gasteiger partial charge is 0.400 e. The minimum Gasteiger partial charge on any atom is -0.400 e. The fourth-order valence-corrected chi connectivity index (χ4v) is 3.71. The topological polar surface area (TPSA) is 55.2 Å². The van der Waals surface area contributed by atoms with Crippen LogP contribution in [0.15, 0.2) is 6.33 Å². The average Bonchev–Trinajstić information content (AvgIpc) is 2.81. The Kier molecular flexibility index (Phi) is 7.84. The molecule has 1 aliphatic rings. The highest BCUT2D eigenvalue weighted by Gasteiger charge is 2.21. The Labute approximate surface area is 122 Å². The summed E-state index contributed by atoms with van der Waals surface area (Å²) in [6.07, 6.45) is 4.90. The zero-order valence-electron chi connectivity index (χ0n) is 11.8. The van der Waals surface area contributed by atoms with E-state index in [9.17, 15) is 0 Å². The molecular weight excluding hydrogens is 279 g/mol. The maximum Gasteiger partial charge on any atom is 0.116 e. The first-order valence-corrected chi connectivity index (χ1v) is 8.14. The van der Waals surface area contributed by atoms with Crippen molar-refractivity contribution in [2.75, 3.05) is 12.9 Å². The number of ether oxygens (including phenoxy) is 1. The number of aryl methyl sites for hydroxylation is 1. The smallest absolute Gasteiger partial charge is 0.116 e. The van der Waals surface area contributed by atoms with Gasteiger partial charge in [0.05, 0.1) is 17.6 Å². The molecule has 2 heterocycles. The van der Waals surface area contributed by atoms with Gasteiger partial charge in [-0.2, -0.15) is 11.8 Å². The lowest BCUT2D eigenvalue weighted by Crippen LogP contribution is -2.13. The Morgan fingerprint density at radius 3 is 2.74 bits per heavy atom. The van der Waals surface area contributed by atoms with Crippen LogP contribution >= 0.6 is 21.0 Å². The molecule has 0 bridgehead atoms. The lowest BCUT2D eigenvalue weighted by molar-refractivity contribution is 0.0700. The highest BCUT2D eigenvalue weighted by atomic mass is 32.2. The van der Waals surface area contributed by atoms with E-state index >= 15 is 0 Å². The molecule has 0 aliphatic carbocycles. The molecule has 3 atom stereocenters. The highest BCUT2D eigenvalue weighted by molar-refractivity contribution is 7.98. The van der Waals surface area contributed by atoms with Crippen LogP contribution in [0.4, 0.5) is 0 Å². The molecule has 3 unspecified atom stereocenters. The SMILES string of the molecule is CO.Cc1ncnc(P)c1CSCC1CCC(C)O1. The lowest BCUT2D eigenvalue weighted by Gasteiger charge is -2.11. The predicted octanol–water partition coefficient (Wildman–Crippen LogP) is 1.69. The Bertz CT molecular complexity index is 373. The van der Waals surface area contributed by atoms with Crippen LogP contribution in [-0.2, 0) is 10.5 Å². The van der Waals surface area contributed by atoms with Crippen LogP contribution in [0.1, 0.15) is 31.0 Å². The third-order valence-corrected chi connectivity index (χ3v) is 4.66. The predicted molar refractivity (Wildman–Crippen MR) is 84.0 cm³/mol. The maximum absolute atomic E-state index is 7.00. The fourth-order valence-electron chi connectivity index (χ4n) is 2.00. The molecular formula is C13H23N2O2PS. The summed E-state index contributed by atoms with van der Waals surface area (Å²) in [4.78, 5) is 8.44. The van der Waals surface area contributed by atoms with Crippen molar-refractivity contribution in [2.45, 2.75) is 44.6 Å². The molecule has 1 fully saturated rings. The minimum atomic E-state index is 0.438. The van der Waals surface area contributed by atoms with Crippen LogP contribution in [0.25, 0.3) is 0 Å². The molecule has 6 heteroatoms. The van der Waals surface area contributed by atoms with E-state index in [0.29, 0.717) is 12.2 Å². The Balaban J connectivity index is 0.000000861.